The van der Waals surface area contributed by atoms with Gasteiger partial charge >= 0.3 is 11.9 Å². The smallest absolute Gasteiger partial charge is 0.327 e. The van der Waals surface area contributed by atoms with Gasteiger partial charge in [0.05, 0.1) is 7.11 Å². The van der Waals surface area contributed by atoms with E-state index in [0.29, 0.717) is 49.4 Å². The highest BCUT2D eigenvalue weighted by molar-refractivity contribution is 6.31. The normalized spacial score (nSPS) is 19.7. The van der Waals surface area contributed by atoms with E-state index in [1.807, 2.05) is 4.90 Å². The van der Waals surface area contributed by atoms with Crippen molar-refractivity contribution in [2.24, 2.45) is 5.92 Å². The monoisotopic (exact) mass is 464 g/mol. The van der Waals surface area contributed by atoms with E-state index >= 15 is 0 Å². The molecule has 2 unspecified atom stereocenters. The third-order valence-electron chi connectivity index (χ3n) is 5.67. The van der Waals surface area contributed by atoms with Gasteiger partial charge in [0.2, 0.25) is 5.91 Å². The van der Waals surface area contributed by atoms with Gasteiger partial charge in [-0.3, -0.25) is 14.5 Å². The molecule has 1 fully saturated rings. The number of carbonyl (C=O) groups excluding carboxylic acids is 3. The zero-order valence-electron chi connectivity index (χ0n) is 18.3. The van der Waals surface area contributed by atoms with Crippen molar-refractivity contribution < 1.29 is 29.0 Å². The van der Waals surface area contributed by atoms with E-state index in [1.165, 1.54) is 20.1 Å². The van der Waals surface area contributed by atoms with Crippen molar-refractivity contribution in [3.8, 4) is 0 Å². The van der Waals surface area contributed by atoms with Crippen molar-refractivity contribution in [2.45, 2.75) is 44.7 Å². The zero-order valence-corrected chi connectivity index (χ0v) is 19.0. The number of halogens is 1. The van der Waals surface area contributed by atoms with Crippen LogP contribution >= 0.6 is 11.6 Å². The van der Waals surface area contributed by atoms with Crippen LogP contribution in [-0.2, 0) is 23.9 Å². The van der Waals surface area contributed by atoms with Crippen molar-refractivity contribution >= 4 is 35.7 Å². The van der Waals surface area contributed by atoms with Crippen LogP contribution in [0, 0.1) is 5.92 Å². The molecule has 2 N–H and O–H groups in total. The first-order chi connectivity index (χ1) is 15.3. The van der Waals surface area contributed by atoms with Gasteiger partial charge in [-0.15, -0.1) is 0 Å². The minimum Gasteiger partial charge on any atom is -0.480 e. The van der Waals surface area contributed by atoms with E-state index in [2.05, 4.69) is 5.32 Å². The molecular weight excluding hydrogens is 436 g/mol. The van der Waals surface area contributed by atoms with E-state index < -0.39 is 24.0 Å². The van der Waals surface area contributed by atoms with Gasteiger partial charge in [0.15, 0.2) is 0 Å². The maximum Gasteiger partial charge on any atom is 0.327 e. The molecule has 32 heavy (non-hydrogen) atoms. The molecular formula is C23H29ClN2O6. The van der Waals surface area contributed by atoms with Gasteiger partial charge in [-0.05, 0) is 48.5 Å². The van der Waals surface area contributed by atoms with Crippen LogP contribution in [0.25, 0.3) is 0 Å². The largest absolute Gasteiger partial charge is 0.480 e. The Balaban J connectivity index is 2.11. The Hall–Kier alpha value is -2.71. The molecule has 9 heteroatoms. The lowest BCUT2D eigenvalue weighted by Gasteiger charge is -2.38. The topological polar surface area (TPSA) is 113 Å². The first kappa shape index (κ1) is 25.5. The number of aldehydes is 1. The summed E-state index contributed by atoms with van der Waals surface area (Å²) in [7, 11) is 1.33. The summed E-state index contributed by atoms with van der Waals surface area (Å²) in [6, 6.07) is 5.47. The molecule has 3 atom stereocenters. The summed E-state index contributed by atoms with van der Waals surface area (Å²) >= 11 is 6.34. The van der Waals surface area contributed by atoms with Gasteiger partial charge in [-0.2, -0.15) is 0 Å². The molecule has 1 amide bonds. The second-order valence-electron chi connectivity index (χ2n) is 7.80. The van der Waals surface area contributed by atoms with Gasteiger partial charge in [0.25, 0.3) is 0 Å². The van der Waals surface area contributed by atoms with Crippen molar-refractivity contribution in [3.05, 3.63) is 46.5 Å². The number of carbonyl (C=O) groups is 4. The molecule has 8 nitrogen and oxygen atoms in total. The lowest BCUT2D eigenvalue weighted by molar-refractivity contribution is -0.147. The van der Waals surface area contributed by atoms with Gasteiger partial charge in [-0.1, -0.05) is 36.2 Å². The van der Waals surface area contributed by atoms with Crippen LogP contribution in [0.5, 0.6) is 0 Å². The third kappa shape index (κ3) is 6.90. The van der Waals surface area contributed by atoms with Crippen molar-refractivity contribution in [3.63, 3.8) is 0 Å². The molecule has 174 valence electrons. The maximum absolute atomic E-state index is 12.6. The highest BCUT2D eigenvalue weighted by atomic mass is 35.5. The molecule has 0 saturated carbocycles. The predicted octanol–water partition coefficient (Wildman–Crippen LogP) is 2.76. The minimum atomic E-state index is -1.07. The van der Waals surface area contributed by atoms with E-state index in [1.54, 1.807) is 24.3 Å². The fraction of sp³-hybridized carbons (Fsp3) is 0.478. The lowest BCUT2D eigenvalue weighted by Crippen LogP contribution is -2.42. The first-order valence-corrected chi connectivity index (χ1v) is 10.9. The van der Waals surface area contributed by atoms with Crippen molar-refractivity contribution in [1.29, 1.82) is 0 Å². The summed E-state index contributed by atoms with van der Waals surface area (Å²) in [5, 5.41) is 12.2. The highest BCUT2D eigenvalue weighted by Crippen LogP contribution is 2.35. The second kappa shape index (κ2) is 12.4. The third-order valence-corrected chi connectivity index (χ3v) is 6.01. The molecule has 2 rings (SSSR count). The Kier molecular flexibility index (Phi) is 9.87. The molecule has 0 aliphatic carbocycles. The number of benzene rings is 1. The Morgan fingerprint density at radius 3 is 2.66 bits per heavy atom. The van der Waals surface area contributed by atoms with Crippen LogP contribution in [0.2, 0.25) is 5.02 Å². The molecule has 1 aromatic rings. The van der Waals surface area contributed by atoms with Gasteiger partial charge in [0, 0.05) is 25.0 Å². The van der Waals surface area contributed by atoms with Gasteiger partial charge in [0.1, 0.15) is 18.4 Å². The van der Waals surface area contributed by atoms with Crippen LogP contribution in [0.4, 0.5) is 0 Å². The number of esters is 1. The SMILES string of the molecule is COC(=O)C(c1ccccc1Cl)N1CCC(CCC[C@H](NC(C)=O)C(=O)O)/C(=C\C=O)C1. The number of ether oxygens (including phenoxy) is 1. The number of likely N-dealkylation sites (tertiary alicyclic amines) is 1. The molecule has 0 spiro atoms. The summed E-state index contributed by atoms with van der Waals surface area (Å²) in [4.78, 5) is 48.3. The summed E-state index contributed by atoms with van der Waals surface area (Å²) in [5.41, 5.74) is 1.52. The second-order valence-corrected chi connectivity index (χ2v) is 8.21. The molecule has 1 aliphatic rings. The Labute approximate surface area is 192 Å². The summed E-state index contributed by atoms with van der Waals surface area (Å²) < 4.78 is 5.02. The number of nitrogens with zero attached hydrogens (tertiary/aromatic N) is 1. The average molecular weight is 465 g/mol. The number of methoxy groups -OCH3 is 1. The number of rotatable bonds is 10. The Morgan fingerprint density at radius 1 is 1.34 bits per heavy atom. The zero-order chi connectivity index (χ0) is 23.7. The van der Waals surface area contributed by atoms with Crippen LogP contribution in [0.1, 0.15) is 44.2 Å². The van der Waals surface area contributed by atoms with Crippen molar-refractivity contribution in [1.82, 2.24) is 10.2 Å². The van der Waals surface area contributed by atoms with Crippen LogP contribution in [0.15, 0.2) is 35.9 Å². The molecule has 1 aromatic carbocycles. The fourth-order valence-corrected chi connectivity index (χ4v) is 4.37. The van der Waals surface area contributed by atoms with E-state index in [-0.39, 0.29) is 11.8 Å². The van der Waals surface area contributed by atoms with Crippen LogP contribution in [0.3, 0.4) is 0 Å². The first-order valence-electron chi connectivity index (χ1n) is 10.5. The number of piperidine rings is 1. The Bertz CT molecular complexity index is 872. The predicted molar refractivity (Wildman–Crippen MR) is 119 cm³/mol. The van der Waals surface area contributed by atoms with Gasteiger partial charge in [-0.25, -0.2) is 9.59 Å². The summed E-state index contributed by atoms with van der Waals surface area (Å²) in [6.45, 7) is 2.26. The summed E-state index contributed by atoms with van der Waals surface area (Å²) in [6.07, 6.45) is 4.48. The number of carboxylic acids is 1. The average Bonchev–Trinajstić information content (AvgIpc) is 2.75. The van der Waals surface area contributed by atoms with E-state index in [0.717, 1.165) is 11.9 Å². The fourth-order valence-electron chi connectivity index (χ4n) is 4.13. The quantitative estimate of drug-likeness (QED) is 0.311. The number of hydrogen-bond acceptors (Lipinski definition) is 6. The summed E-state index contributed by atoms with van der Waals surface area (Å²) in [5.74, 6) is -1.81. The number of amides is 1. The maximum atomic E-state index is 12.6. The molecule has 1 saturated heterocycles. The van der Waals surface area contributed by atoms with Crippen molar-refractivity contribution in [2.75, 3.05) is 20.2 Å². The molecule has 0 radical (unpaired) electrons. The molecule has 0 aromatic heterocycles. The number of hydrogen-bond donors (Lipinski definition) is 2. The lowest BCUT2D eigenvalue weighted by atomic mass is 9.85. The number of aliphatic carboxylic acids is 1. The standard InChI is InChI=1S/C23H29ClN2O6/c1-15(28)25-20(22(29)30)9-5-6-16-10-12-26(14-17(16)11-13-27)21(23(31)32-2)18-7-3-4-8-19(18)24/h3-4,7-8,11,13,16,20-21H,5-6,9-10,12,14H2,1-2H3,(H,25,28)(H,29,30)/b17-11-/t16?,20-,21?/m0/s1. The van der Waals surface area contributed by atoms with Gasteiger partial charge < -0.3 is 15.2 Å². The number of carboxylic acid groups (broad SMARTS) is 1. The highest BCUT2D eigenvalue weighted by Gasteiger charge is 2.35. The minimum absolute atomic E-state index is 0.0766. The van der Waals surface area contributed by atoms with E-state index in [9.17, 15) is 24.3 Å². The van der Waals surface area contributed by atoms with Crippen LogP contribution < -0.4 is 5.32 Å². The number of allylic oxidation sites excluding steroid dienone is 1. The van der Waals surface area contributed by atoms with Crippen LogP contribution in [-0.4, -0.2) is 60.4 Å². The molecule has 1 aliphatic heterocycles. The molecule has 0 bridgehead atoms. The Morgan fingerprint density at radius 2 is 2.06 bits per heavy atom. The molecule has 1 heterocycles. The number of nitrogens with one attached hydrogen (secondary N) is 1. The van der Waals surface area contributed by atoms with E-state index in [4.69, 9.17) is 16.3 Å².